The van der Waals surface area contributed by atoms with Gasteiger partial charge in [-0.05, 0) is 54.8 Å². The number of phenolic OH excluding ortho intramolecular Hbond substituents is 1. The highest BCUT2D eigenvalue weighted by atomic mass is 19.1. The number of rotatable bonds is 4. The standard InChI is InChI=1S/C16H15F2NO2/c1-10-6-12(2-3-15(10)20)16(21)19-5-4-11-7-13(17)9-14(18)8-11/h2-3,6-9,20H,4-5H2,1H3,(H,19,21). The summed E-state index contributed by atoms with van der Waals surface area (Å²) in [4.78, 5) is 11.9. The summed E-state index contributed by atoms with van der Waals surface area (Å²) < 4.78 is 26.0. The van der Waals surface area contributed by atoms with E-state index in [9.17, 15) is 18.7 Å². The van der Waals surface area contributed by atoms with Crippen LogP contribution in [0.1, 0.15) is 21.5 Å². The van der Waals surface area contributed by atoms with E-state index >= 15 is 0 Å². The van der Waals surface area contributed by atoms with E-state index in [4.69, 9.17) is 0 Å². The maximum absolute atomic E-state index is 13.0. The van der Waals surface area contributed by atoms with Crippen LogP contribution in [0.3, 0.4) is 0 Å². The quantitative estimate of drug-likeness (QED) is 0.910. The second-order valence-corrected chi connectivity index (χ2v) is 4.78. The molecule has 5 heteroatoms. The third-order valence-electron chi connectivity index (χ3n) is 3.08. The van der Waals surface area contributed by atoms with Gasteiger partial charge in [0.15, 0.2) is 0 Å². The number of hydrogen-bond donors (Lipinski definition) is 2. The third kappa shape index (κ3) is 4.02. The minimum absolute atomic E-state index is 0.127. The highest BCUT2D eigenvalue weighted by Gasteiger charge is 2.07. The smallest absolute Gasteiger partial charge is 0.251 e. The van der Waals surface area contributed by atoms with Crippen LogP contribution < -0.4 is 5.32 Å². The molecule has 0 heterocycles. The minimum atomic E-state index is -0.634. The molecule has 0 radical (unpaired) electrons. The van der Waals surface area contributed by atoms with Gasteiger partial charge in [-0.25, -0.2) is 8.78 Å². The van der Waals surface area contributed by atoms with Gasteiger partial charge in [0.25, 0.3) is 5.91 Å². The Labute approximate surface area is 121 Å². The summed E-state index contributed by atoms with van der Waals surface area (Å²) in [7, 11) is 0. The number of hydrogen-bond acceptors (Lipinski definition) is 2. The molecule has 0 aliphatic rings. The van der Waals surface area contributed by atoms with E-state index in [0.717, 1.165) is 6.07 Å². The highest BCUT2D eigenvalue weighted by Crippen LogP contribution is 2.16. The molecule has 2 N–H and O–H groups in total. The van der Waals surface area contributed by atoms with E-state index in [1.807, 2.05) is 0 Å². The zero-order valence-corrected chi connectivity index (χ0v) is 11.5. The van der Waals surface area contributed by atoms with E-state index in [0.29, 0.717) is 23.1 Å². The lowest BCUT2D eigenvalue weighted by atomic mass is 10.1. The Kier molecular flexibility index (Phi) is 4.52. The van der Waals surface area contributed by atoms with Crippen molar-refractivity contribution in [1.82, 2.24) is 5.32 Å². The Balaban J connectivity index is 1.93. The van der Waals surface area contributed by atoms with Crippen LogP contribution in [0.4, 0.5) is 8.78 Å². The molecule has 0 saturated carbocycles. The number of halogens is 2. The van der Waals surface area contributed by atoms with Gasteiger partial charge >= 0.3 is 0 Å². The Morgan fingerprint density at radius 2 is 1.81 bits per heavy atom. The van der Waals surface area contributed by atoms with Gasteiger partial charge in [0.05, 0.1) is 0 Å². The van der Waals surface area contributed by atoms with Crippen molar-refractivity contribution in [3.05, 3.63) is 64.7 Å². The number of aryl methyl sites for hydroxylation is 1. The topological polar surface area (TPSA) is 49.3 Å². The summed E-state index contributed by atoms with van der Waals surface area (Å²) >= 11 is 0. The van der Waals surface area contributed by atoms with Crippen LogP contribution >= 0.6 is 0 Å². The SMILES string of the molecule is Cc1cc(C(=O)NCCc2cc(F)cc(F)c2)ccc1O. The van der Waals surface area contributed by atoms with Crippen molar-refractivity contribution in [2.75, 3.05) is 6.54 Å². The maximum Gasteiger partial charge on any atom is 0.251 e. The molecule has 2 aromatic carbocycles. The van der Waals surface area contributed by atoms with Gasteiger partial charge in [-0.3, -0.25) is 4.79 Å². The monoisotopic (exact) mass is 291 g/mol. The fourth-order valence-corrected chi connectivity index (χ4v) is 1.97. The Morgan fingerprint density at radius 1 is 1.14 bits per heavy atom. The molecule has 0 atom stereocenters. The summed E-state index contributed by atoms with van der Waals surface area (Å²) in [6.07, 6.45) is 0.331. The average molecular weight is 291 g/mol. The Morgan fingerprint density at radius 3 is 2.43 bits per heavy atom. The van der Waals surface area contributed by atoms with Crippen LogP contribution in [0.15, 0.2) is 36.4 Å². The van der Waals surface area contributed by atoms with Crippen molar-refractivity contribution in [3.63, 3.8) is 0 Å². The first-order valence-electron chi connectivity index (χ1n) is 6.48. The first-order valence-corrected chi connectivity index (χ1v) is 6.48. The highest BCUT2D eigenvalue weighted by molar-refractivity contribution is 5.94. The second-order valence-electron chi connectivity index (χ2n) is 4.78. The van der Waals surface area contributed by atoms with Crippen molar-refractivity contribution >= 4 is 5.91 Å². The fraction of sp³-hybridized carbons (Fsp3) is 0.188. The summed E-state index contributed by atoms with van der Waals surface area (Å²) in [5.74, 6) is -1.44. The van der Waals surface area contributed by atoms with E-state index in [1.165, 1.54) is 24.3 Å². The molecule has 0 unspecified atom stereocenters. The van der Waals surface area contributed by atoms with E-state index in [2.05, 4.69) is 5.32 Å². The average Bonchev–Trinajstić information content (AvgIpc) is 2.40. The molecule has 0 spiro atoms. The van der Waals surface area contributed by atoms with Gasteiger partial charge in [-0.1, -0.05) is 0 Å². The lowest BCUT2D eigenvalue weighted by molar-refractivity contribution is 0.0954. The lowest BCUT2D eigenvalue weighted by Gasteiger charge is -2.07. The third-order valence-corrected chi connectivity index (χ3v) is 3.08. The zero-order valence-electron chi connectivity index (χ0n) is 11.5. The molecule has 0 saturated heterocycles. The first kappa shape index (κ1) is 15.0. The van der Waals surface area contributed by atoms with Crippen molar-refractivity contribution in [2.24, 2.45) is 0 Å². The Hall–Kier alpha value is -2.43. The van der Waals surface area contributed by atoms with Crippen LogP contribution in [-0.4, -0.2) is 17.6 Å². The van der Waals surface area contributed by atoms with Crippen molar-refractivity contribution < 1.29 is 18.7 Å². The zero-order chi connectivity index (χ0) is 15.4. The fourth-order valence-electron chi connectivity index (χ4n) is 1.97. The molecule has 0 fully saturated rings. The molecule has 0 aliphatic carbocycles. The number of phenols is 1. The van der Waals surface area contributed by atoms with E-state index < -0.39 is 11.6 Å². The number of carbonyl (C=O) groups excluding carboxylic acids is 1. The van der Waals surface area contributed by atoms with Crippen molar-refractivity contribution in [3.8, 4) is 5.75 Å². The summed E-state index contributed by atoms with van der Waals surface area (Å²) in [5, 5.41) is 12.1. The number of nitrogens with one attached hydrogen (secondary N) is 1. The van der Waals surface area contributed by atoms with E-state index in [1.54, 1.807) is 13.0 Å². The summed E-state index contributed by atoms with van der Waals surface area (Å²) in [6, 6.07) is 7.82. The number of aromatic hydroxyl groups is 1. The Bertz CT molecular complexity index is 651. The summed E-state index contributed by atoms with van der Waals surface area (Å²) in [5.41, 5.74) is 1.51. The van der Waals surface area contributed by atoms with Gasteiger partial charge in [-0.2, -0.15) is 0 Å². The van der Waals surface area contributed by atoms with Crippen molar-refractivity contribution in [1.29, 1.82) is 0 Å². The summed E-state index contributed by atoms with van der Waals surface area (Å²) in [6.45, 7) is 1.96. The van der Waals surface area contributed by atoms with Crippen LogP contribution in [0.2, 0.25) is 0 Å². The van der Waals surface area contributed by atoms with Crippen LogP contribution in [0.25, 0.3) is 0 Å². The van der Waals surface area contributed by atoms with Crippen LogP contribution in [-0.2, 0) is 6.42 Å². The van der Waals surface area contributed by atoms with Crippen molar-refractivity contribution in [2.45, 2.75) is 13.3 Å². The molecular formula is C16H15F2NO2. The van der Waals surface area contributed by atoms with Gasteiger partial charge < -0.3 is 10.4 Å². The predicted octanol–water partition coefficient (Wildman–Crippen LogP) is 2.95. The molecule has 1 amide bonds. The van der Waals surface area contributed by atoms with Gasteiger partial charge in [0.2, 0.25) is 0 Å². The molecule has 21 heavy (non-hydrogen) atoms. The molecule has 2 aromatic rings. The predicted molar refractivity (Wildman–Crippen MR) is 75.2 cm³/mol. The van der Waals surface area contributed by atoms with Gasteiger partial charge in [0, 0.05) is 18.2 Å². The molecule has 2 rings (SSSR count). The lowest BCUT2D eigenvalue weighted by Crippen LogP contribution is -2.25. The number of amides is 1. The maximum atomic E-state index is 13.0. The second kappa shape index (κ2) is 6.35. The van der Waals surface area contributed by atoms with E-state index in [-0.39, 0.29) is 18.2 Å². The minimum Gasteiger partial charge on any atom is -0.508 e. The van der Waals surface area contributed by atoms with Crippen LogP contribution in [0, 0.1) is 18.6 Å². The molecule has 110 valence electrons. The normalized spacial score (nSPS) is 10.4. The molecule has 0 aromatic heterocycles. The largest absolute Gasteiger partial charge is 0.508 e. The van der Waals surface area contributed by atoms with Gasteiger partial charge in [-0.15, -0.1) is 0 Å². The van der Waals surface area contributed by atoms with Gasteiger partial charge in [0.1, 0.15) is 17.4 Å². The molecule has 0 bridgehead atoms. The number of benzene rings is 2. The molecular weight excluding hydrogens is 276 g/mol. The molecule has 3 nitrogen and oxygen atoms in total. The first-order chi connectivity index (χ1) is 9.95. The number of carbonyl (C=O) groups is 1. The van der Waals surface area contributed by atoms with Crippen LogP contribution in [0.5, 0.6) is 5.75 Å². The molecule has 0 aliphatic heterocycles.